The summed E-state index contributed by atoms with van der Waals surface area (Å²) in [6, 6.07) is 3.78. The summed E-state index contributed by atoms with van der Waals surface area (Å²) in [7, 11) is 3.23. The summed E-state index contributed by atoms with van der Waals surface area (Å²) < 4.78 is 10.6. The molecule has 0 N–H and O–H groups in total. The number of hydrogen-bond donors (Lipinski definition) is 0. The molecule has 2 aliphatic carbocycles. The van der Waals surface area contributed by atoms with Crippen LogP contribution in [0, 0.1) is 5.92 Å². The second-order valence-corrected chi connectivity index (χ2v) is 4.81. The number of benzene rings is 1. The zero-order chi connectivity index (χ0) is 12.7. The lowest BCUT2D eigenvalue weighted by atomic mass is 9.83. The zero-order valence-electron chi connectivity index (χ0n) is 10.6. The zero-order valence-corrected chi connectivity index (χ0v) is 10.6. The first-order chi connectivity index (χ1) is 8.76. The van der Waals surface area contributed by atoms with Crippen molar-refractivity contribution in [3.8, 4) is 11.5 Å². The minimum atomic E-state index is 0.0889. The number of carbonyl (C=O) groups excluding carboxylic acids is 1. The molecule has 0 radical (unpaired) electrons. The van der Waals surface area contributed by atoms with Crippen molar-refractivity contribution >= 4 is 5.78 Å². The summed E-state index contributed by atoms with van der Waals surface area (Å²) >= 11 is 0. The second-order valence-electron chi connectivity index (χ2n) is 4.81. The number of fused-ring (bicyclic) bond motifs is 3. The average molecular weight is 244 g/mol. The van der Waals surface area contributed by atoms with Gasteiger partial charge in [0.2, 0.25) is 0 Å². The van der Waals surface area contributed by atoms with E-state index in [-0.39, 0.29) is 11.7 Å². The molecular formula is C15H16O3. The van der Waals surface area contributed by atoms with Crippen molar-refractivity contribution in [2.24, 2.45) is 5.92 Å². The molecule has 0 bridgehead atoms. The SMILES string of the molecule is COc1cc(OC)c2c(c1)[C@@H]1CC=CC[C@@H]1C2=O. The highest BCUT2D eigenvalue weighted by atomic mass is 16.5. The minimum Gasteiger partial charge on any atom is -0.497 e. The molecule has 0 aromatic heterocycles. The maximum atomic E-state index is 12.5. The standard InChI is InChI=1S/C15H16O3/c1-17-9-7-12-10-5-3-4-6-11(10)15(16)14(12)13(8-9)18-2/h3-4,7-8,10-11H,5-6H2,1-2H3/t10-,11+/m1/s1. The van der Waals surface area contributed by atoms with Gasteiger partial charge < -0.3 is 9.47 Å². The van der Waals surface area contributed by atoms with E-state index in [4.69, 9.17) is 9.47 Å². The lowest BCUT2D eigenvalue weighted by Gasteiger charge is -2.20. The lowest BCUT2D eigenvalue weighted by molar-refractivity contribution is 0.0919. The fourth-order valence-corrected chi connectivity index (χ4v) is 3.08. The van der Waals surface area contributed by atoms with Gasteiger partial charge in [-0.25, -0.2) is 0 Å². The molecule has 94 valence electrons. The first-order valence-corrected chi connectivity index (χ1v) is 6.21. The van der Waals surface area contributed by atoms with Crippen molar-refractivity contribution in [1.82, 2.24) is 0 Å². The summed E-state index contributed by atoms with van der Waals surface area (Å²) in [4.78, 5) is 12.5. The van der Waals surface area contributed by atoms with Crippen molar-refractivity contribution in [2.45, 2.75) is 18.8 Å². The van der Waals surface area contributed by atoms with Crippen LogP contribution in [0.15, 0.2) is 24.3 Å². The Morgan fingerprint density at radius 1 is 1.06 bits per heavy atom. The molecule has 0 amide bonds. The summed E-state index contributed by atoms with van der Waals surface area (Å²) in [6.07, 6.45) is 6.04. The van der Waals surface area contributed by atoms with Gasteiger partial charge in [0.15, 0.2) is 5.78 Å². The van der Waals surface area contributed by atoms with E-state index in [0.29, 0.717) is 11.7 Å². The second kappa shape index (κ2) is 4.16. The Kier molecular flexibility index (Phi) is 2.62. The highest BCUT2D eigenvalue weighted by Gasteiger charge is 2.41. The van der Waals surface area contributed by atoms with Gasteiger partial charge in [0, 0.05) is 12.0 Å². The smallest absolute Gasteiger partial charge is 0.170 e. The van der Waals surface area contributed by atoms with Gasteiger partial charge in [-0.05, 0) is 30.4 Å². The molecule has 18 heavy (non-hydrogen) atoms. The summed E-state index contributed by atoms with van der Waals surface area (Å²) in [5, 5.41) is 0. The number of Topliss-reactive ketones (excluding diaryl/α,β-unsaturated/α-hetero) is 1. The third kappa shape index (κ3) is 1.47. The third-order valence-corrected chi connectivity index (χ3v) is 3.98. The molecule has 0 fully saturated rings. The highest BCUT2D eigenvalue weighted by Crippen LogP contribution is 2.48. The van der Waals surface area contributed by atoms with E-state index >= 15 is 0 Å². The molecule has 0 unspecified atom stereocenters. The van der Waals surface area contributed by atoms with Crippen LogP contribution in [0.4, 0.5) is 0 Å². The van der Waals surface area contributed by atoms with Gasteiger partial charge in [-0.1, -0.05) is 12.2 Å². The van der Waals surface area contributed by atoms with E-state index in [2.05, 4.69) is 12.2 Å². The predicted octanol–water partition coefficient (Wildman–Crippen LogP) is 2.95. The topological polar surface area (TPSA) is 35.5 Å². The van der Waals surface area contributed by atoms with Crippen LogP contribution >= 0.6 is 0 Å². The Morgan fingerprint density at radius 3 is 2.44 bits per heavy atom. The number of carbonyl (C=O) groups is 1. The van der Waals surface area contributed by atoms with Crippen LogP contribution in [-0.4, -0.2) is 20.0 Å². The van der Waals surface area contributed by atoms with Crippen molar-refractivity contribution in [3.63, 3.8) is 0 Å². The quantitative estimate of drug-likeness (QED) is 0.750. The molecule has 0 saturated heterocycles. The molecule has 0 aliphatic heterocycles. The average Bonchev–Trinajstić information content (AvgIpc) is 2.72. The van der Waals surface area contributed by atoms with E-state index < -0.39 is 0 Å². The van der Waals surface area contributed by atoms with Crippen LogP contribution < -0.4 is 9.47 Å². The number of rotatable bonds is 2. The molecule has 0 spiro atoms. The van der Waals surface area contributed by atoms with Gasteiger partial charge in [0.25, 0.3) is 0 Å². The largest absolute Gasteiger partial charge is 0.497 e. The molecule has 3 nitrogen and oxygen atoms in total. The number of methoxy groups -OCH3 is 2. The van der Waals surface area contributed by atoms with Crippen molar-refractivity contribution in [1.29, 1.82) is 0 Å². The maximum Gasteiger partial charge on any atom is 0.170 e. The first kappa shape index (κ1) is 11.3. The Bertz CT molecular complexity index is 531. The van der Waals surface area contributed by atoms with E-state index in [1.807, 2.05) is 6.07 Å². The summed E-state index contributed by atoms with van der Waals surface area (Å²) in [5.74, 6) is 2.00. The van der Waals surface area contributed by atoms with Crippen LogP contribution in [0.25, 0.3) is 0 Å². The highest BCUT2D eigenvalue weighted by molar-refractivity contribution is 6.06. The fourth-order valence-electron chi connectivity index (χ4n) is 3.08. The number of hydrogen-bond acceptors (Lipinski definition) is 3. The molecule has 2 aliphatic rings. The number of allylic oxidation sites excluding steroid dienone is 2. The normalized spacial score (nSPS) is 24.7. The predicted molar refractivity (Wildman–Crippen MR) is 68.5 cm³/mol. The molecule has 1 aromatic carbocycles. The number of ketones is 1. The van der Waals surface area contributed by atoms with Crippen LogP contribution in [0.3, 0.4) is 0 Å². The molecule has 3 heteroatoms. The third-order valence-electron chi connectivity index (χ3n) is 3.98. The van der Waals surface area contributed by atoms with E-state index in [0.717, 1.165) is 29.7 Å². The Labute approximate surface area is 106 Å². The molecule has 2 atom stereocenters. The Balaban J connectivity index is 2.17. The van der Waals surface area contributed by atoms with Crippen molar-refractivity contribution in [3.05, 3.63) is 35.4 Å². The van der Waals surface area contributed by atoms with Gasteiger partial charge in [-0.15, -0.1) is 0 Å². The fraction of sp³-hybridized carbons (Fsp3) is 0.400. The van der Waals surface area contributed by atoms with Crippen LogP contribution in [0.1, 0.15) is 34.7 Å². The van der Waals surface area contributed by atoms with Crippen LogP contribution in [0.2, 0.25) is 0 Å². The van der Waals surface area contributed by atoms with Gasteiger partial charge >= 0.3 is 0 Å². The van der Waals surface area contributed by atoms with Crippen molar-refractivity contribution < 1.29 is 14.3 Å². The summed E-state index contributed by atoms with van der Waals surface area (Å²) in [6.45, 7) is 0. The monoisotopic (exact) mass is 244 g/mol. The first-order valence-electron chi connectivity index (χ1n) is 6.21. The van der Waals surface area contributed by atoms with Crippen LogP contribution in [-0.2, 0) is 0 Å². The van der Waals surface area contributed by atoms with Gasteiger partial charge in [-0.3, -0.25) is 4.79 Å². The molecule has 1 aromatic rings. The van der Waals surface area contributed by atoms with E-state index in [1.165, 1.54) is 0 Å². The molecule has 0 heterocycles. The Morgan fingerprint density at radius 2 is 1.78 bits per heavy atom. The molecule has 3 rings (SSSR count). The lowest BCUT2D eigenvalue weighted by Crippen LogP contribution is -2.15. The van der Waals surface area contributed by atoms with Crippen molar-refractivity contribution in [2.75, 3.05) is 14.2 Å². The van der Waals surface area contributed by atoms with Gasteiger partial charge in [0.05, 0.1) is 19.8 Å². The van der Waals surface area contributed by atoms with E-state index in [9.17, 15) is 4.79 Å². The minimum absolute atomic E-state index is 0.0889. The van der Waals surface area contributed by atoms with E-state index in [1.54, 1.807) is 20.3 Å². The van der Waals surface area contributed by atoms with Crippen LogP contribution in [0.5, 0.6) is 11.5 Å². The number of ether oxygens (including phenoxy) is 2. The molecular weight excluding hydrogens is 228 g/mol. The summed E-state index contributed by atoms with van der Waals surface area (Å²) in [5.41, 5.74) is 1.85. The van der Waals surface area contributed by atoms with Gasteiger partial charge in [-0.2, -0.15) is 0 Å². The van der Waals surface area contributed by atoms with Gasteiger partial charge in [0.1, 0.15) is 11.5 Å². The molecule has 0 saturated carbocycles. The Hall–Kier alpha value is -1.77. The maximum absolute atomic E-state index is 12.5.